The van der Waals surface area contributed by atoms with Crippen molar-refractivity contribution in [2.24, 2.45) is 0 Å². The number of nitrogens with zero attached hydrogens (tertiary/aromatic N) is 2. The SMILES string of the molecule is [O-][n+]1ccn(-c2ccc3oc4ccccc4c3c2)c1. The smallest absolute Gasteiger partial charge is 0.252 e. The first-order valence-electron chi connectivity index (χ1n) is 6.00. The van der Waals surface area contributed by atoms with E-state index in [1.807, 2.05) is 42.5 Å². The van der Waals surface area contributed by atoms with Crippen molar-refractivity contribution in [3.05, 3.63) is 66.4 Å². The summed E-state index contributed by atoms with van der Waals surface area (Å²) in [6.45, 7) is 0. The van der Waals surface area contributed by atoms with Gasteiger partial charge in [0.15, 0.2) is 0 Å². The van der Waals surface area contributed by atoms with Crippen LogP contribution in [0.25, 0.3) is 27.6 Å². The van der Waals surface area contributed by atoms with Crippen molar-refractivity contribution in [2.45, 2.75) is 0 Å². The monoisotopic (exact) mass is 250 g/mol. The van der Waals surface area contributed by atoms with E-state index in [-0.39, 0.29) is 0 Å². The van der Waals surface area contributed by atoms with Crippen molar-refractivity contribution in [1.82, 2.24) is 4.57 Å². The molecule has 0 spiro atoms. The van der Waals surface area contributed by atoms with Gasteiger partial charge in [0.25, 0.3) is 6.33 Å². The largest absolute Gasteiger partial charge is 0.711 e. The summed E-state index contributed by atoms with van der Waals surface area (Å²) >= 11 is 0. The van der Waals surface area contributed by atoms with Crippen LogP contribution in [-0.2, 0) is 0 Å². The lowest BCUT2D eigenvalue weighted by molar-refractivity contribution is -0.604. The highest BCUT2D eigenvalue weighted by atomic mass is 16.5. The molecule has 0 aliphatic carbocycles. The number of aromatic nitrogens is 2. The van der Waals surface area contributed by atoms with Crippen molar-refractivity contribution < 1.29 is 9.15 Å². The average Bonchev–Trinajstić information content (AvgIpc) is 3.01. The molecule has 92 valence electrons. The van der Waals surface area contributed by atoms with E-state index in [9.17, 15) is 5.21 Å². The number of para-hydroxylation sites is 1. The van der Waals surface area contributed by atoms with Crippen molar-refractivity contribution >= 4 is 21.9 Å². The van der Waals surface area contributed by atoms with Crippen LogP contribution in [-0.4, -0.2) is 4.57 Å². The predicted molar refractivity (Wildman–Crippen MR) is 72.0 cm³/mol. The van der Waals surface area contributed by atoms with Crippen LogP contribution in [0.5, 0.6) is 0 Å². The summed E-state index contributed by atoms with van der Waals surface area (Å²) in [5.41, 5.74) is 2.67. The van der Waals surface area contributed by atoms with Crippen LogP contribution in [0.15, 0.2) is 65.6 Å². The molecule has 4 heteroatoms. The Morgan fingerprint density at radius 1 is 1.00 bits per heavy atom. The molecule has 19 heavy (non-hydrogen) atoms. The number of fused-ring (bicyclic) bond motifs is 3. The van der Waals surface area contributed by atoms with Crippen LogP contribution in [0.1, 0.15) is 0 Å². The molecule has 0 fully saturated rings. The molecule has 2 aromatic heterocycles. The molecule has 0 saturated heterocycles. The van der Waals surface area contributed by atoms with Gasteiger partial charge in [-0.3, -0.25) is 0 Å². The Morgan fingerprint density at radius 3 is 2.68 bits per heavy atom. The molecule has 0 radical (unpaired) electrons. The van der Waals surface area contributed by atoms with Gasteiger partial charge in [0.1, 0.15) is 29.2 Å². The van der Waals surface area contributed by atoms with Gasteiger partial charge in [-0.2, -0.15) is 0 Å². The van der Waals surface area contributed by atoms with Gasteiger partial charge in [-0.25, -0.2) is 9.30 Å². The van der Waals surface area contributed by atoms with E-state index >= 15 is 0 Å². The maximum Gasteiger partial charge on any atom is 0.252 e. The van der Waals surface area contributed by atoms with Gasteiger partial charge in [-0.05, 0) is 24.3 Å². The zero-order chi connectivity index (χ0) is 12.8. The standard InChI is InChI=1S/C15H10N2O2/c18-17-8-7-16(10-17)11-5-6-15-13(9-11)12-3-1-2-4-14(12)19-15/h1-10H. The van der Waals surface area contributed by atoms with Gasteiger partial charge < -0.3 is 9.62 Å². The molecular weight excluding hydrogens is 240 g/mol. The second kappa shape index (κ2) is 3.62. The normalized spacial score (nSPS) is 11.4. The topological polar surface area (TPSA) is 45.0 Å². The average molecular weight is 250 g/mol. The van der Waals surface area contributed by atoms with Gasteiger partial charge in [-0.15, -0.1) is 0 Å². The van der Waals surface area contributed by atoms with Crippen LogP contribution in [0.3, 0.4) is 0 Å². The molecule has 0 aliphatic heterocycles. The van der Waals surface area contributed by atoms with E-state index in [1.165, 1.54) is 12.5 Å². The van der Waals surface area contributed by atoms with Gasteiger partial charge >= 0.3 is 0 Å². The number of furan rings is 1. The molecule has 0 atom stereocenters. The molecule has 2 aromatic carbocycles. The predicted octanol–water partition coefficient (Wildman–Crippen LogP) is 3.01. The highest BCUT2D eigenvalue weighted by molar-refractivity contribution is 6.05. The van der Waals surface area contributed by atoms with Crippen LogP contribution in [0.2, 0.25) is 0 Å². The molecular formula is C15H10N2O2. The molecule has 0 amide bonds. The maximum absolute atomic E-state index is 11.2. The second-order valence-electron chi connectivity index (χ2n) is 4.46. The Morgan fingerprint density at radius 2 is 1.84 bits per heavy atom. The number of benzene rings is 2. The van der Waals surface area contributed by atoms with Gasteiger partial charge in [-0.1, -0.05) is 18.2 Å². The Hall–Kier alpha value is -2.75. The third-order valence-electron chi connectivity index (χ3n) is 3.27. The summed E-state index contributed by atoms with van der Waals surface area (Å²) < 4.78 is 8.33. The Bertz CT molecular complexity index is 889. The van der Waals surface area contributed by atoms with Crippen LogP contribution >= 0.6 is 0 Å². The van der Waals surface area contributed by atoms with E-state index in [0.29, 0.717) is 0 Å². The number of imidazole rings is 1. The van der Waals surface area contributed by atoms with Gasteiger partial charge in [0.2, 0.25) is 0 Å². The Balaban J connectivity index is 2.02. The first kappa shape index (κ1) is 10.2. The third-order valence-corrected chi connectivity index (χ3v) is 3.27. The highest BCUT2D eigenvalue weighted by Crippen LogP contribution is 2.29. The minimum absolute atomic E-state index is 0.775. The summed E-state index contributed by atoms with van der Waals surface area (Å²) in [6, 6.07) is 13.8. The van der Waals surface area contributed by atoms with Gasteiger partial charge in [0, 0.05) is 10.8 Å². The Labute approximate surface area is 108 Å². The molecule has 0 N–H and O–H groups in total. The lowest BCUT2D eigenvalue weighted by atomic mass is 10.1. The lowest BCUT2D eigenvalue weighted by Gasteiger charge is -1.96. The number of hydrogen-bond donors (Lipinski definition) is 0. The van der Waals surface area contributed by atoms with Gasteiger partial charge in [0.05, 0.1) is 0 Å². The van der Waals surface area contributed by atoms with E-state index in [4.69, 9.17) is 4.42 Å². The maximum atomic E-state index is 11.2. The van der Waals surface area contributed by atoms with Crippen molar-refractivity contribution in [3.63, 3.8) is 0 Å². The van der Waals surface area contributed by atoms with E-state index < -0.39 is 0 Å². The zero-order valence-corrected chi connectivity index (χ0v) is 9.98. The minimum Gasteiger partial charge on any atom is -0.711 e. The van der Waals surface area contributed by atoms with E-state index in [2.05, 4.69) is 0 Å². The molecule has 0 aliphatic rings. The Kier molecular flexibility index (Phi) is 1.94. The second-order valence-corrected chi connectivity index (χ2v) is 4.46. The van der Waals surface area contributed by atoms with Crippen LogP contribution in [0.4, 0.5) is 0 Å². The molecule has 0 bridgehead atoms. The fourth-order valence-corrected chi connectivity index (χ4v) is 2.36. The number of rotatable bonds is 1. The summed E-state index contributed by atoms with van der Waals surface area (Å²) in [6.07, 6.45) is 4.69. The summed E-state index contributed by atoms with van der Waals surface area (Å²) in [4.78, 5) is 0. The molecule has 4 rings (SSSR count). The van der Waals surface area contributed by atoms with Crippen molar-refractivity contribution in [2.75, 3.05) is 0 Å². The molecule has 4 aromatic rings. The first-order chi connectivity index (χ1) is 9.31. The third kappa shape index (κ3) is 1.50. The quantitative estimate of drug-likeness (QED) is 0.385. The highest BCUT2D eigenvalue weighted by Gasteiger charge is 2.10. The fraction of sp³-hybridized carbons (Fsp3) is 0. The molecule has 0 saturated carbocycles. The molecule has 0 unspecified atom stereocenters. The summed E-state index contributed by atoms with van der Waals surface area (Å²) in [5, 5.41) is 13.3. The van der Waals surface area contributed by atoms with Crippen molar-refractivity contribution in [1.29, 1.82) is 0 Å². The zero-order valence-electron chi connectivity index (χ0n) is 9.98. The fourth-order valence-electron chi connectivity index (χ4n) is 2.36. The number of hydrogen-bond acceptors (Lipinski definition) is 2. The molecule has 4 nitrogen and oxygen atoms in total. The van der Waals surface area contributed by atoms with Crippen molar-refractivity contribution in [3.8, 4) is 5.69 Å². The van der Waals surface area contributed by atoms with Crippen LogP contribution < -0.4 is 4.73 Å². The minimum atomic E-state index is 0.775. The first-order valence-corrected chi connectivity index (χ1v) is 6.00. The lowest BCUT2D eigenvalue weighted by Crippen LogP contribution is -2.21. The summed E-state index contributed by atoms with van der Waals surface area (Å²) in [5.74, 6) is 0. The van der Waals surface area contributed by atoms with E-state index in [0.717, 1.165) is 32.4 Å². The summed E-state index contributed by atoms with van der Waals surface area (Å²) in [7, 11) is 0. The van der Waals surface area contributed by atoms with E-state index in [1.54, 1.807) is 10.8 Å². The van der Waals surface area contributed by atoms with Crippen LogP contribution in [0, 0.1) is 5.21 Å². The molecule has 2 heterocycles.